The van der Waals surface area contributed by atoms with E-state index < -0.39 is 0 Å². The molecule has 1 aromatic carbocycles. The molecule has 178 valence electrons. The number of nitrogens with zero attached hydrogens (tertiary/aromatic N) is 4. The fourth-order valence-electron chi connectivity index (χ4n) is 4.79. The highest BCUT2D eigenvalue weighted by Gasteiger charge is 2.39. The number of hydrogen-bond acceptors (Lipinski definition) is 8. The maximum Gasteiger partial charge on any atom is 0.251 e. The number of anilines is 2. The molecule has 0 radical (unpaired) electrons. The van der Waals surface area contributed by atoms with Crippen LogP contribution in [0.5, 0.6) is 0 Å². The predicted octanol–water partition coefficient (Wildman–Crippen LogP) is 2.87. The lowest BCUT2D eigenvalue weighted by Crippen LogP contribution is -2.46. The van der Waals surface area contributed by atoms with Gasteiger partial charge in [-0.3, -0.25) is 4.79 Å². The van der Waals surface area contributed by atoms with Gasteiger partial charge in [0.05, 0.1) is 36.4 Å². The van der Waals surface area contributed by atoms with Gasteiger partial charge in [-0.2, -0.15) is 9.97 Å². The maximum atomic E-state index is 12.1. The second kappa shape index (κ2) is 9.90. The number of nitrogens with one attached hydrogen (secondary N) is 2. The van der Waals surface area contributed by atoms with Gasteiger partial charge in [0, 0.05) is 38.4 Å². The van der Waals surface area contributed by atoms with E-state index in [2.05, 4.69) is 15.5 Å². The highest BCUT2D eigenvalue weighted by Crippen LogP contribution is 2.37. The Labute approximate surface area is 198 Å². The SMILES string of the molecule is CNC(=O)c1cccc(-c2ccc3c(N4C5CCC4COC5)nc(NCCCOC)nc3n2)c1. The summed E-state index contributed by atoms with van der Waals surface area (Å²) < 4.78 is 11.0. The highest BCUT2D eigenvalue weighted by atomic mass is 16.5. The van der Waals surface area contributed by atoms with Crippen molar-refractivity contribution in [3.05, 3.63) is 42.0 Å². The van der Waals surface area contributed by atoms with E-state index >= 15 is 0 Å². The van der Waals surface area contributed by atoms with Crippen molar-refractivity contribution in [2.24, 2.45) is 0 Å². The molecular formula is C25H30N6O3. The van der Waals surface area contributed by atoms with E-state index in [9.17, 15) is 4.79 Å². The standard InChI is InChI=1S/C25H30N6O3/c1-26-24(32)17-6-3-5-16(13-17)21-10-9-20-22(28-21)29-25(27-11-4-12-33-2)30-23(20)31-18-7-8-19(31)15-34-14-18/h3,5-6,9-10,13,18-19H,4,7-8,11-12,14-15H2,1-2H3,(H,26,32)(H,27,28,29,30). The molecule has 9 nitrogen and oxygen atoms in total. The molecule has 9 heteroatoms. The zero-order valence-electron chi connectivity index (χ0n) is 19.6. The van der Waals surface area contributed by atoms with Crippen molar-refractivity contribution in [2.45, 2.75) is 31.3 Å². The van der Waals surface area contributed by atoms with Gasteiger partial charge in [0.2, 0.25) is 5.95 Å². The Bertz CT molecular complexity index is 1170. The summed E-state index contributed by atoms with van der Waals surface area (Å²) in [4.78, 5) is 29.1. The summed E-state index contributed by atoms with van der Waals surface area (Å²) in [6.45, 7) is 2.82. The second-order valence-corrected chi connectivity index (χ2v) is 8.70. The molecule has 0 spiro atoms. The van der Waals surface area contributed by atoms with E-state index in [1.54, 1.807) is 20.2 Å². The number of benzene rings is 1. The van der Waals surface area contributed by atoms with Crippen LogP contribution in [0.15, 0.2) is 36.4 Å². The number of rotatable bonds is 8. The van der Waals surface area contributed by atoms with E-state index in [-0.39, 0.29) is 5.91 Å². The van der Waals surface area contributed by atoms with Gasteiger partial charge in [-0.25, -0.2) is 4.98 Å². The smallest absolute Gasteiger partial charge is 0.251 e. The van der Waals surface area contributed by atoms with Crippen LogP contribution in [0, 0.1) is 0 Å². The highest BCUT2D eigenvalue weighted by molar-refractivity contribution is 5.95. The van der Waals surface area contributed by atoms with Gasteiger partial charge >= 0.3 is 0 Å². The fourth-order valence-corrected chi connectivity index (χ4v) is 4.79. The minimum Gasteiger partial charge on any atom is -0.385 e. The van der Waals surface area contributed by atoms with Gasteiger partial charge in [-0.05, 0) is 43.5 Å². The molecule has 2 unspecified atom stereocenters. The van der Waals surface area contributed by atoms with Crippen molar-refractivity contribution < 1.29 is 14.3 Å². The van der Waals surface area contributed by atoms with Crippen molar-refractivity contribution in [1.82, 2.24) is 20.3 Å². The van der Waals surface area contributed by atoms with E-state index in [0.29, 0.717) is 42.4 Å². The van der Waals surface area contributed by atoms with Gasteiger partial charge in [-0.1, -0.05) is 12.1 Å². The summed E-state index contributed by atoms with van der Waals surface area (Å²) in [5.41, 5.74) is 2.85. The van der Waals surface area contributed by atoms with E-state index in [1.165, 1.54) is 0 Å². The molecule has 3 aromatic rings. The van der Waals surface area contributed by atoms with Gasteiger partial charge < -0.3 is 25.0 Å². The third-order valence-corrected chi connectivity index (χ3v) is 6.48. The molecule has 2 aliphatic rings. The molecular weight excluding hydrogens is 432 g/mol. The van der Waals surface area contributed by atoms with Crippen LogP contribution in [-0.2, 0) is 9.47 Å². The summed E-state index contributed by atoms with van der Waals surface area (Å²) in [6.07, 6.45) is 3.06. The molecule has 5 rings (SSSR count). The quantitative estimate of drug-likeness (QED) is 0.493. The first-order chi connectivity index (χ1) is 16.7. The van der Waals surface area contributed by atoms with Crippen LogP contribution in [0.2, 0.25) is 0 Å². The van der Waals surface area contributed by atoms with Crippen molar-refractivity contribution in [3.8, 4) is 11.3 Å². The van der Waals surface area contributed by atoms with E-state index in [4.69, 9.17) is 24.4 Å². The van der Waals surface area contributed by atoms with Gasteiger partial charge in [0.1, 0.15) is 5.82 Å². The molecule has 1 amide bonds. The zero-order chi connectivity index (χ0) is 23.5. The summed E-state index contributed by atoms with van der Waals surface area (Å²) in [5, 5.41) is 6.93. The first-order valence-electron chi connectivity index (χ1n) is 11.8. The number of morpholine rings is 1. The molecule has 0 saturated carbocycles. The molecule has 2 saturated heterocycles. The molecule has 4 heterocycles. The van der Waals surface area contributed by atoms with Crippen LogP contribution in [0.1, 0.15) is 29.6 Å². The van der Waals surface area contributed by atoms with Crippen LogP contribution in [0.25, 0.3) is 22.3 Å². The number of amides is 1. The van der Waals surface area contributed by atoms with Crippen LogP contribution < -0.4 is 15.5 Å². The third kappa shape index (κ3) is 4.41. The lowest BCUT2D eigenvalue weighted by molar-refractivity contribution is 0.0904. The summed E-state index contributed by atoms with van der Waals surface area (Å²) in [5.74, 6) is 1.35. The topological polar surface area (TPSA) is 102 Å². The Morgan fingerprint density at radius 1 is 1.15 bits per heavy atom. The summed E-state index contributed by atoms with van der Waals surface area (Å²) in [6, 6.07) is 12.1. The number of pyridine rings is 1. The summed E-state index contributed by atoms with van der Waals surface area (Å²) in [7, 11) is 3.32. The lowest BCUT2D eigenvalue weighted by atomic mass is 10.1. The first kappa shape index (κ1) is 22.5. The number of carbonyl (C=O) groups excluding carboxylic acids is 1. The average Bonchev–Trinajstić information content (AvgIpc) is 3.12. The van der Waals surface area contributed by atoms with Crippen LogP contribution in [0.4, 0.5) is 11.8 Å². The van der Waals surface area contributed by atoms with Crippen molar-refractivity contribution in [2.75, 3.05) is 50.7 Å². The number of fused-ring (bicyclic) bond motifs is 3. The summed E-state index contributed by atoms with van der Waals surface area (Å²) >= 11 is 0. The Hall–Kier alpha value is -3.30. The van der Waals surface area contributed by atoms with Crippen molar-refractivity contribution >= 4 is 28.7 Å². The van der Waals surface area contributed by atoms with Gasteiger partial charge in [0.15, 0.2) is 5.65 Å². The molecule has 2 aromatic heterocycles. The molecule has 2 N–H and O–H groups in total. The number of ether oxygens (including phenoxy) is 2. The zero-order valence-corrected chi connectivity index (χ0v) is 19.6. The fraction of sp³-hybridized carbons (Fsp3) is 0.440. The Balaban J connectivity index is 1.55. The predicted molar refractivity (Wildman–Crippen MR) is 131 cm³/mol. The molecule has 0 aliphatic carbocycles. The molecule has 34 heavy (non-hydrogen) atoms. The Morgan fingerprint density at radius 2 is 1.97 bits per heavy atom. The minimum atomic E-state index is -0.127. The van der Waals surface area contributed by atoms with Crippen LogP contribution in [0.3, 0.4) is 0 Å². The Morgan fingerprint density at radius 3 is 2.74 bits per heavy atom. The van der Waals surface area contributed by atoms with Crippen LogP contribution >= 0.6 is 0 Å². The normalized spacial score (nSPS) is 19.4. The molecule has 2 aliphatic heterocycles. The third-order valence-electron chi connectivity index (χ3n) is 6.48. The Kier molecular flexibility index (Phi) is 6.55. The largest absolute Gasteiger partial charge is 0.385 e. The number of methoxy groups -OCH3 is 1. The number of hydrogen-bond donors (Lipinski definition) is 2. The minimum absolute atomic E-state index is 0.127. The second-order valence-electron chi connectivity index (χ2n) is 8.70. The molecule has 2 fully saturated rings. The van der Waals surface area contributed by atoms with E-state index in [1.807, 2.05) is 30.3 Å². The van der Waals surface area contributed by atoms with Crippen LogP contribution in [-0.4, -0.2) is 73.5 Å². The molecule has 2 bridgehead atoms. The first-order valence-corrected chi connectivity index (χ1v) is 11.8. The number of carbonyl (C=O) groups is 1. The molecule has 2 atom stereocenters. The average molecular weight is 463 g/mol. The van der Waals surface area contributed by atoms with Crippen molar-refractivity contribution in [3.63, 3.8) is 0 Å². The lowest BCUT2D eigenvalue weighted by Gasteiger charge is -2.36. The van der Waals surface area contributed by atoms with E-state index in [0.717, 1.165) is 54.9 Å². The van der Waals surface area contributed by atoms with Gasteiger partial charge in [0.25, 0.3) is 5.91 Å². The monoisotopic (exact) mass is 462 g/mol. The number of aromatic nitrogens is 3. The van der Waals surface area contributed by atoms with Gasteiger partial charge in [-0.15, -0.1) is 0 Å². The van der Waals surface area contributed by atoms with Crippen molar-refractivity contribution in [1.29, 1.82) is 0 Å². The maximum absolute atomic E-state index is 12.1.